The monoisotopic (exact) mass is 349 g/mol. The summed E-state index contributed by atoms with van der Waals surface area (Å²) >= 11 is 11.8. The predicted molar refractivity (Wildman–Crippen MR) is 94.3 cm³/mol. The molecule has 0 radical (unpaired) electrons. The minimum Gasteiger partial charge on any atom is -0.369 e. The molecule has 0 saturated heterocycles. The van der Waals surface area contributed by atoms with Gasteiger partial charge in [0.25, 0.3) is 5.91 Å². The van der Waals surface area contributed by atoms with Crippen LogP contribution in [0.25, 0.3) is 0 Å². The van der Waals surface area contributed by atoms with Gasteiger partial charge < -0.3 is 16.8 Å². The molecule has 0 bridgehead atoms. The average molecular weight is 350 g/mol. The van der Waals surface area contributed by atoms with Crippen LogP contribution in [0.1, 0.15) is 15.9 Å². The first-order valence-electron chi connectivity index (χ1n) is 6.44. The lowest BCUT2D eigenvalue weighted by Gasteiger charge is -2.07. The molecule has 0 spiro atoms. The molecule has 1 amide bonds. The van der Waals surface area contributed by atoms with E-state index >= 15 is 0 Å². The van der Waals surface area contributed by atoms with Crippen molar-refractivity contribution in [2.24, 2.45) is 21.7 Å². The molecule has 0 aliphatic heterocycles. The number of carbonyl (C=O) groups is 1. The van der Waals surface area contributed by atoms with Gasteiger partial charge in [0.1, 0.15) is 0 Å². The smallest absolute Gasteiger partial charge is 0.257 e. The van der Waals surface area contributed by atoms with Crippen LogP contribution >= 0.6 is 23.2 Å². The van der Waals surface area contributed by atoms with E-state index in [9.17, 15) is 4.79 Å². The Kier molecular flexibility index (Phi) is 5.56. The van der Waals surface area contributed by atoms with Crippen molar-refractivity contribution in [3.05, 3.63) is 63.6 Å². The van der Waals surface area contributed by atoms with Gasteiger partial charge in [-0.3, -0.25) is 4.79 Å². The van der Waals surface area contributed by atoms with Crippen LogP contribution in [-0.2, 0) is 0 Å². The number of carbonyl (C=O) groups excluding carboxylic acids is 1. The Morgan fingerprint density at radius 3 is 2.61 bits per heavy atom. The van der Waals surface area contributed by atoms with Crippen molar-refractivity contribution in [3.8, 4) is 0 Å². The Hall–Kier alpha value is -2.57. The number of benzene rings is 2. The van der Waals surface area contributed by atoms with E-state index in [0.717, 1.165) is 5.56 Å². The Morgan fingerprint density at radius 1 is 1.13 bits per heavy atom. The zero-order valence-electron chi connectivity index (χ0n) is 11.8. The Bertz CT molecular complexity index is 785. The van der Waals surface area contributed by atoms with Gasteiger partial charge in [-0.1, -0.05) is 35.3 Å². The molecule has 118 valence electrons. The van der Waals surface area contributed by atoms with Crippen LogP contribution in [0.15, 0.2) is 52.7 Å². The van der Waals surface area contributed by atoms with E-state index in [1.165, 1.54) is 12.3 Å². The number of guanidine groups is 1. The number of nitrogens with zero attached hydrogens (tertiary/aromatic N) is 2. The van der Waals surface area contributed by atoms with Gasteiger partial charge in [-0.25, -0.2) is 0 Å². The normalized spacial score (nSPS) is 10.5. The molecule has 0 aliphatic rings. The van der Waals surface area contributed by atoms with Gasteiger partial charge >= 0.3 is 0 Å². The summed E-state index contributed by atoms with van der Waals surface area (Å²) in [5.74, 6) is -0.479. The summed E-state index contributed by atoms with van der Waals surface area (Å²) in [5, 5.41) is 10.7. The summed E-state index contributed by atoms with van der Waals surface area (Å²) in [6, 6.07) is 11.7. The van der Waals surface area contributed by atoms with Crippen molar-refractivity contribution >= 4 is 47.0 Å². The largest absolute Gasteiger partial charge is 0.369 e. The molecule has 2 aromatic carbocycles. The van der Waals surface area contributed by atoms with E-state index in [1.54, 1.807) is 36.4 Å². The first-order valence-corrected chi connectivity index (χ1v) is 7.20. The molecular formula is C15H13Cl2N5O. The number of hydrogen-bond donors (Lipinski definition) is 3. The van der Waals surface area contributed by atoms with Crippen molar-refractivity contribution in [2.45, 2.75) is 0 Å². The van der Waals surface area contributed by atoms with Crippen LogP contribution in [0.2, 0.25) is 10.0 Å². The number of anilines is 1. The molecule has 23 heavy (non-hydrogen) atoms. The molecule has 0 aromatic heterocycles. The number of rotatable bonds is 4. The molecule has 8 heteroatoms. The number of nitrogens with two attached hydrogens (primary N) is 2. The highest BCUT2D eigenvalue weighted by Crippen LogP contribution is 2.22. The van der Waals surface area contributed by atoms with Crippen molar-refractivity contribution in [3.63, 3.8) is 0 Å². The summed E-state index contributed by atoms with van der Waals surface area (Å²) in [5.41, 5.74) is 12.0. The molecule has 0 unspecified atom stereocenters. The number of nitrogens with one attached hydrogen (secondary N) is 1. The zero-order chi connectivity index (χ0) is 16.8. The maximum absolute atomic E-state index is 12.2. The van der Waals surface area contributed by atoms with Crippen molar-refractivity contribution in [2.75, 3.05) is 5.32 Å². The molecule has 2 rings (SSSR count). The Labute approximate surface area is 142 Å². The lowest BCUT2D eigenvalue weighted by atomic mass is 10.2. The van der Waals surface area contributed by atoms with Crippen LogP contribution in [-0.4, -0.2) is 18.1 Å². The fraction of sp³-hybridized carbons (Fsp3) is 0. The second-order valence-corrected chi connectivity index (χ2v) is 5.32. The molecule has 0 heterocycles. The van der Waals surface area contributed by atoms with Crippen LogP contribution < -0.4 is 16.8 Å². The molecule has 0 aliphatic carbocycles. The van der Waals surface area contributed by atoms with E-state index in [4.69, 9.17) is 34.7 Å². The van der Waals surface area contributed by atoms with E-state index in [1.807, 2.05) is 0 Å². The minimum absolute atomic E-state index is 0.136. The van der Waals surface area contributed by atoms with Crippen molar-refractivity contribution in [1.29, 1.82) is 0 Å². The lowest BCUT2D eigenvalue weighted by molar-refractivity contribution is 0.102. The Balaban J connectivity index is 2.15. The second kappa shape index (κ2) is 7.62. The van der Waals surface area contributed by atoms with E-state index in [0.29, 0.717) is 16.3 Å². The summed E-state index contributed by atoms with van der Waals surface area (Å²) < 4.78 is 0. The van der Waals surface area contributed by atoms with Gasteiger partial charge in [-0.2, -0.15) is 5.10 Å². The minimum atomic E-state index is -0.343. The maximum Gasteiger partial charge on any atom is 0.257 e. The molecule has 0 fully saturated rings. The van der Waals surface area contributed by atoms with Gasteiger partial charge in [-0.15, -0.1) is 5.10 Å². The van der Waals surface area contributed by atoms with Crippen molar-refractivity contribution in [1.82, 2.24) is 0 Å². The zero-order valence-corrected chi connectivity index (χ0v) is 13.3. The van der Waals surface area contributed by atoms with Gasteiger partial charge in [0.05, 0.1) is 16.8 Å². The van der Waals surface area contributed by atoms with Crippen molar-refractivity contribution < 1.29 is 4.79 Å². The van der Waals surface area contributed by atoms with E-state index < -0.39 is 0 Å². The molecule has 5 N–H and O–H groups in total. The first kappa shape index (κ1) is 16.8. The third-order valence-corrected chi connectivity index (χ3v) is 3.25. The number of hydrogen-bond acceptors (Lipinski definition) is 3. The molecule has 0 atom stereocenters. The average Bonchev–Trinajstić information content (AvgIpc) is 2.47. The van der Waals surface area contributed by atoms with Crippen LogP contribution in [0.3, 0.4) is 0 Å². The van der Waals surface area contributed by atoms with Crippen LogP contribution in [0.4, 0.5) is 5.69 Å². The summed E-state index contributed by atoms with van der Waals surface area (Å²) in [6.45, 7) is 0. The summed E-state index contributed by atoms with van der Waals surface area (Å²) in [6.07, 6.45) is 1.46. The lowest BCUT2D eigenvalue weighted by Crippen LogP contribution is -2.21. The van der Waals surface area contributed by atoms with Gasteiger partial charge in [0.15, 0.2) is 0 Å². The van der Waals surface area contributed by atoms with E-state index in [2.05, 4.69) is 15.5 Å². The predicted octanol–water partition coefficient (Wildman–Crippen LogP) is 2.85. The highest BCUT2D eigenvalue weighted by atomic mass is 35.5. The van der Waals surface area contributed by atoms with Crippen LogP contribution in [0.5, 0.6) is 0 Å². The molecule has 2 aromatic rings. The molecule has 0 saturated carbocycles. The summed E-state index contributed by atoms with van der Waals surface area (Å²) in [4.78, 5) is 12.2. The number of halogens is 2. The first-order chi connectivity index (χ1) is 11.0. The Morgan fingerprint density at radius 2 is 1.91 bits per heavy atom. The van der Waals surface area contributed by atoms with Gasteiger partial charge in [0.2, 0.25) is 5.96 Å². The fourth-order valence-electron chi connectivity index (χ4n) is 1.73. The molecule has 6 nitrogen and oxygen atoms in total. The topological polar surface area (TPSA) is 106 Å². The quantitative estimate of drug-likeness (QED) is 0.448. The SMILES string of the molecule is NC(N)=N/N=C/c1cccc(NC(=O)c2ccc(Cl)cc2Cl)c1. The fourth-order valence-corrected chi connectivity index (χ4v) is 2.23. The van der Waals surface area contributed by atoms with Gasteiger partial charge in [0, 0.05) is 10.7 Å². The maximum atomic E-state index is 12.2. The van der Waals surface area contributed by atoms with Crippen LogP contribution in [0, 0.1) is 0 Å². The second-order valence-electron chi connectivity index (χ2n) is 4.47. The van der Waals surface area contributed by atoms with Gasteiger partial charge in [-0.05, 0) is 35.9 Å². The highest BCUT2D eigenvalue weighted by Gasteiger charge is 2.11. The third kappa shape index (κ3) is 4.98. The highest BCUT2D eigenvalue weighted by molar-refractivity contribution is 6.37. The van der Waals surface area contributed by atoms with E-state index in [-0.39, 0.29) is 16.9 Å². The summed E-state index contributed by atoms with van der Waals surface area (Å²) in [7, 11) is 0. The third-order valence-electron chi connectivity index (χ3n) is 2.70. The number of amides is 1. The molecular weight excluding hydrogens is 337 g/mol. The standard InChI is InChI=1S/C15H13Cl2N5O/c16-10-4-5-12(13(17)7-10)14(23)21-11-3-1-2-9(6-11)8-20-22-15(18)19/h1-8H,(H,21,23)(H4,18,19,22)/b20-8+.